The minimum Gasteiger partial charge on any atom is -0.292 e. The van der Waals surface area contributed by atoms with Crippen LogP contribution in [0.3, 0.4) is 0 Å². The molecule has 28 heavy (non-hydrogen) atoms. The van der Waals surface area contributed by atoms with Crippen molar-refractivity contribution in [1.29, 1.82) is 0 Å². The van der Waals surface area contributed by atoms with E-state index in [1.54, 1.807) is 0 Å². The van der Waals surface area contributed by atoms with Crippen molar-refractivity contribution < 1.29 is 0 Å². The lowest BCUT2D eigenvalue weighted by Gasteiger charge is -2.10. The Balaban J connectivity index is 1.66. The highest BCUT2D eigenvalue weighted by atomic mass is 79.9. The van der Waals surface area contributed by atoms with E-state index in [4.69, 9.17) is 4.98 Å². The second-order valence-corrected chi connectivity index (χ2v) is 7.60. The van der Waals surface area contributed by atoms with Crippen LogP contribution >= 0.6 is 15.9 Å². The van der Waals surface area contributed by atoms with Crippen LogP contribution in [0.4, 0.5) is 0 Å². The summed E-state index contributed by atoms with van der Waals surface area (Å²) >= 11 is 3.53. The minimum absolute atomic E-state index is 0.947. The van der Waals surface area contributed by atoms with Gasteiger partial charge in [0.2, 0.25) is 0 Å². The third kappa shape index (κ3) is 3.04. The number of imidazole rings is 1. The predicted molar refractivity (Wildman–Crippen MR) is 120 cm³/mol. The Labute approximate surface area is 172 Å². The van der Waals surface area contributed by atoms with E-state index < -0.39 is 0 Å². The van der Waals surface area contributed by atoms with Crippen LogP contribution in [-0.4, -0.2) is 9.55 Å². The monoisotopic (exact) mass is 424 g/mol. The average molecular weight is 425 g/mol. The van der Waals surface area contributed by atoms with Crippen molar-refractivity contribution in [3.63, 3.8) is 0 Å². The summed E-state index contributed by atoms with van der Waals surface area (Å²) in [6.45, 7) is 0. The number of para-hydroxylation sites is 2. The third-order valence-corrected chi connectivity index (χ3v) is 5.42. The summed E-state index contributed by atoms with van der Waals surface area (Å²) in [6, 6.07) is 35.7. The molecule has 1 aromatic heterocycles. The first-order valence-corrected chi connectivity index (χ1v) is 9.98. The summed E-state index contributed by atoms with van der Waals surface area (Å²) in [6.07, 6.45) is 0. The molecule has 0 atom stereocenters. The number of rotatable bonds is 3. The first kappa shape index (κ1) is 17.0. The van der Waals surface area contributed by atoms with Gasteiger partial charge in [0.15, 0.2) is 0 Å². The molecule has 0 amide bonds. The number of hydrogen-bond donors (Lipinski definition) is 0. The Morgan fingerprint density at radius 2 is 1.18 bits per heavy atom. The Kier molecular flexibility index (Phi) is 4.30. The fraction of sp³-hybridized carbons (Fsp3) is 0. The van der Waals surface area contributed by atoms with Crippen molar-refractivity contribution in [2.45, 2.75) is 0 Å². The molecule has 0 fully saturated rings. The summed E-state index contributed by atoms with van der Waals surface area (Å²) < 4.78 is 3.29. The fourth-order valence-electron chi connectivity index (χ4n) is 3.51. The molecule has 134 valence electrons. The summed E-state index contributed by atoms with van der Waals surface area (Å²) in [4.78, 5) is 4.94. The molecule has 0 aliphatic rings. The normalized spacial score (nSPS) is 11.0. The van der Waals surface area contributed by atoms with Gasteiger partial charge in [-0.3, -0.25) is 4.57 Å². The fourth-order valence-corrected chi connectivity index (χ4v) is 3.78. The van der Waals surface area contributed by atoms with Crippen molar-refractivity contribution in [3.05, 3.63) is 108 Å². The van der Waals surface area contributed by atoms with Gasteiger partial charge in [0.1, 0.15) is 5.82 Å². The zero-order valence-corrected chi connectivity index (χ0v) is 16.7. The quantitative estimate of drug-likeness (QED) is 0.301. The lowest BCUT2D eigenvalue weighted by Crippen LogP contribution is -1.97. The molecule has 3 heteroatoms. The van der Waals surface area contributed by atoms with Crippen LogP contribution in [0.1, 0.15) is 0 Å². The van der Waals surface area contributed by atoms with Gasteiger partial charge >= 0.3 is 0 Å². The molecule has 4 aromatic carbocycles. The molecule has 0 aliphatic carbocycles. The van der Waals surface area contributed by atoms with Crippen LogP contribution in [0.2, 0.25) is 0 Å². The van der Waals surface area contributed by atoms with Crippen molar-refractivity contribution in [2.24, 2.45) is 0 Å². The molecular formula is C25H17BrN2. The highest BCUT2D eigenvalue weighted by Gasteiger charge is 2.14. The van der Waals surface area contributed by atoms with Crippen LogP contribution in [0, 0.1) is 0 Å². The summed E-state index contributed by atoms with van der Waals surface area (Å²) in [5.74, 6) is 0.947. The topological polar surface area (TPSA) is 17.8 Å². The highest BCUT2D eigenvalue weighted by Crippen LogP contribution is 2.30. The molecule has 5 rings (SSSR count). The second-order valence-electron chi connectivity index (χ2n) is 6.68. The van der Waals surface area contributed by atoms with Crippen LogP contribution in [0.5, 0.6) is 0 Å². The van der Waals surface area contributed by atoms with E-state index in [1.807, 2.05) is 12.1 Å². The Morgan fingerprint density at radius 1 is 0.571 bits per heavy atom. The van der Waals surface area contributed by atoms with Gasteiger partial charge in [0.05, 0.1) is 11.0 Å². The summed E-state index contributed by atoms with van der Waals surface area (Å²) in [5.41, 5.74) is 6.71. The number of benzene rings is 4. The van der Waals surface area contributed by atoms with Crippen molar-refractivity contribution >= 4 is 27.0 Å². The van der Waals surface area contributed by atoms with Gasteiger partial charge in [0, 0.05) is 15.7 Å². The first-order valence-electron chi connectivity index (χ1n) is 9.19. The van der Waals surface area contributed by atoms with E-state index in [0.29, 0.717) is 0 Å². The zero-order chi connectivity index (χ0) is 18.9. The summed E-state index contributed by atoms with van der Waals surface area (Å²) in [7, 11) is 0. The predicted octanol–water partition coefficient (Wildman–Crippen LogP) is 7.12. The Hall–Kier alpha value is -3.17. The standard InChI is InChI=1S/C25H17BrN2/c26-21-14-16-22(17-15-21)28-24-9-5-4-8-23(24)27-25(28)20-12-10-19(11-13-20)18-6-2-1-3-7-18/h1-17H. The molecule has 2 nitrogen and oxygen atoms in total. The van der Waals surface area contributed by atoms with Crippen molar-refractivity contribution in [1.82, 2.24) is 9.55 Å². The Bertz CT molecular complexity index is 1240. The molecule has 5 aromatic rings. The van der Waals surface area contributed by atoms with Crippen LogP contribution < -0.4 is 0 Å². The van der Waals surface area contributed by atoms with Gasteiger partial charge in [-0.1, -0.05) is 82.7 Å². The number of hydrogen-bond acceptors (Lipinski definition) is 1. The number of nitrogens with zero attached hydrogens (tertiary/aromatic N) is 2. The molecular weight excluding hydrogens is 408 g/mol. The van der Waals surface area contributed by atoms with Crippen molar-refractivity contribution in [2.75, 3.05) is 0 Å². The van der Waals surface area contributed by atoms with Crippen molar-refractivity contribution in [3.8, 4) is 28.2 Å². The van der Waals surface area contributed by atoms with Crippen LogP contribution in [0.25, 0.3) is 39.2 Å². The zero-order valence-electron chi connectivity index (χ0n) is 15.1. The van der Waals surface area contributed by atoms with Gasteiger partial charge in [-0.15, -0.1) is 0 Å². The maximum absolute atomic E-state index is 4.94. The van der Waals surface area contributed by atoms with Gasteiger partial charge < -0.3 is 0 Å². The van der Waals surface area contributed by atoms with E-state index in [1.165, 1.54) is 11.1 Å². The smallest absolute Gasteiger partial charge is 0.145 e. The summed E-state index contributed by atoms with van der Waals surface area (Å²) in [5, 5.41) is 0. The lowest BCUT2D eigenvalue weighted by molar-refractivity contribution is 1.10. The van der Waals surface area contributed by atoms with E-state index in [0.717, 1.165) is 32.6 Å². The van der Waals surface area contributed by atoms with E-state index >= 15 is 0 Å². The number of aromatic nitrogens is 2. The molecule has 0 N–H and O–H groups in total. The van der Waals surface area contributed by atoms with Gasteiger partial charge in [-0.25, -0.2) is 4.98 Å². The number of fused-ring (bicyclic) bond motifs is 1. The maximum atomic E-state index is 4.94. The van der Waals surface area contributed by atoms with E-state index in [2.05, 4.69) is 111 Å². The largest absolute Gasteiger partial charge is 0.292 e. The first-order chi connectivity index (χ1) is 13.8. The van der Waals surface area contributed by atoms with Crippen LogP contribution in [0.15, 0.2) is 108 Å². The molecule has 1 heterocycles. The SMILES string of the molecule is Brc1ccc(-n2c(-c3ccc(-c4ccccc4)cc3)nc3ccccc32)cc1. The maximum Gasteiger partial charge on any atom is 0.145 e. The molecule has 0 unspecified atom stereocenters. The average Bonchev–Trinajstić information content (AvgIpc) is 3.15. The lowest BCUT2D eigenvalue weighted by atomic mass is 10.0. The van der Waals surface area contributed by atoms with Gasteiger partial charge in [0.25, 0.3) is 0 Å². The highest BCUT2D eigenvalue weighted by molar-refractivity contribution is 9.10. The molecule has 0 radical (unpaired) electrons. The molecule has 0 aliphatic heterocycles. The molecule has 0 saturated heterocycles. The molecule has 0 saturated carbocycles. The van der Waals surface area contributed by atoms with E-state index in [-0.39, 0.29) is 0 Å². The van der Waals surface area contributed by atoms with Crippen LogP contribution in [-0.2, 0) is 0 Å². The minimum atomic E-state index is 0.947. The number of halogens is 1. The van der Waals surface area contributed by atoms with Gasteiger partial charge in [-0.2, -0.15) is 0 Å². The molecule has 0 bridgehead atoms. The van der Waals surface area contributed by atoms with E-state index in [9.17, 15) is 0 Å². The molecule has 0 spiro atoms. The van der Waals surface area contributed by atoms with Gasteiger partial charge in [-0.05, 0) is 47.5 Å². The second kappa shape index (κ2) is 7.10. The Morgan fingerprint density at radius 3 is 1.93 bits per heavy atom. The third-order valence-electron chi connectivity index (χ3n) is 4.90.